The number of carbonyl (C=O) groups excluding carboxylic acids is 1. The molecule has 1 aliphatic carbocycles. The van der Waals surface area contributed by atoms with Crippen LogP contribution in [0.1, 0.15) is 31.2 Å². The molecule has 0 radical (unpaired) electrons. The fourth-order valence-corrected chi connectivity index (χ4v) is 3.21. The van der Waals surface area contributed by atoms with Gasteiger partial charge in [0.25, 0.3) is 0 Å². The molecule has 1 aliphatic rings. The second-order valence-corrected chi connectivity index (χ2v) is 6.28. The number of nitrogens with two attached hydrogens (primary N) is 1. The Labute approximate surface area is 126 Å². The van der Waals surface area contributed by atoms with E-state index < -0.39 is 5.41 Å². The van der Waals surface area contributed by atoms with Crippen LogP contribution in [0, 0.1) is 12.3 Å². The fraction of sp³-hybridized carbons (Fsp3) is 0.462. The number of nitrogens with zero attached hydrogens (tertiary/aromatic N) is 1. The molecule has 0 aromatic carbocycles. The standard InChI is InChI=1S/C13H16BrN3OS/c1-8-6-9(14)7-16-10(8)17-12(18)13(11(15)19)4-2-3-5-13/h6-7H,2-5H2,1H3,(H2,15,19)(H,16,17,18). The van der Waals surface area contributed by atoms with Gasteiger partial charge in [-0.1, -0.05) is 25.1 Å². The summed E-state index contributed by atoms with van der Waals surface area (Å²) in [4.78, 5) is 17.0. The van der Waals surface area contributed by atoms with Crippen LogP contribution >= 0.6 is 28.1 Å². The first kappa shape index (κ1) is 14.4. The number of carbonyl (C=O) groups is 1. The van der Waals surface area contributed by atoms with Crippen molar-refractivity contribution < 1.29 is 4.79 Å². The van der Waals surface area contributed by atoms with Crippen molar-refractivity contribution >= 4 is 44.9 Å². The third-order valence-electron chi connectivity index (χ3n) is 3.64. The second kappa shape index (κ2) is 5.54. The summed E-state index contributed by atoms with van der Waals surface area (Å²) in [5.74, 6) is 0.436. The van der Waals surface area contributed by atoms with Crippen LogP contribution in [0.25, 0.3) is 0 Å². The van der Waals surface area contributed by atoms with E-state index in [9.17, 15) is 4.79 Å². The van der Waals surface area contributed by atoms with Crippen molar-refractivity contribution in [3.8, 4) is 0 Å². The zero-order valence-electron chi connectivity index (χ0n) is 10.7. The lowest BCUT2D eigenvalue weighted by molar-refractivity contribution is -0.122. The number of hydrogen-bond donors (Lipinski definition) is 2. The molecule has 0 spiro atoms. The molecule has 0 unspecified atom stereocenters. The van der Waals surface area contributed by atoms with Crippen LogP contribution in [0.3, 0.4) is 0 Å². The topological polar surface area (TPSA) is 68.0 Å². The lowest BCUT2D eigenvalue weighted by atomic mass is 9.85. The van der Waals surface area contributed by atoms with Crippen molar-refractivity contribution in [2.75, 3.05) is 5.32 Å². The number of rotatable bonds is 3. The van der Waals surface area contributed by atoms with Gasteiger partial charge < -0.3 is 11.1 Å². The van der Waals surface area contributed by atoms with Crippen LogP contribution in [0.4, 0.5) is 5.82 Å². The summed E-state index contributed by atoms with van der Waals surface area (Å²) < 4.78 is 0.882. The molecule has 2 rings (SSSR count). The van der Waals surface area contributed by atoms with Gasteiger partial charge in [0.15, 0.2) is 0 Å². The van der Waals surface area contributed by atoms with E-state index in [-0.39, 0.29) is 10.9 Å². The summed E-state index contributed by atoms with van der Waals surface area (Å²) in [5, 5.41) is 2.86. The number of hydrogen-bond acceptors (Lipinski definition) is 3. The number of aryl methyl sites for hydroxylation is 1. The van der Waals surface area contributed by atoms with Crippen LogP contribution in [-0.2, 0) is 4.79 Å². The van der Waals surface area contributed by atoms with Gasteiger partial charge in [-0.15, -0.1) is 0 Å². The first-order valence-electron chi connectivity index (χ1n) is 6.19. The Morgan fingerprint density at radius 3 is 2.68 bits per heavy atom. The molecule has 0 atom stereocenters. The summed E-state index contributed by atoms with van der Waals surface area (Å²) in [6, 6.07) is 1.91. The maximum Gasteiger partial charge on any atom is 0.238 e. The van der Waals surface area contributed by atoms with Crippen LogP contribution in [0.5, 0.6) is 0 Å². The smallest absolute Gasteiger partial charge is 0.238 e. The Bertz CT molecular complexity index is 527. The van der Waals surface area contributed by atoms with Gasteiger partial charge in [0, 0.05) is 10.7 Å². The second-order valence-electron chi connectivity index (χ2n) is 4.93. The minimum absolute atomic E-state index is 0.129. The van der Waals surface area contributed by atoms with Crippen molar-refractivity contribution in [3.05, 3.63) is 22.3 Å². The van der Waals surface area contributed by atoms with Gasteiger partial charge >= 0.3 is 0 Å². The maximum atomic E-state index is 12.5. The molecule has 3 N–H and O–H groups in total. The summed E-state index contributed by atoms with van der Waals surface area (Å²) in [6.45, 7) is 1.90. The van der Waals surface area contributed by atoms with Crippen molar-refractivity contribution in [2.24, 2.45) is 11.1 Å². The zero-order valence-corrected chi connectivity index (χ0v) is 13.1. The lowest BCUT2D eigenvalue weighted by Crippen LogP contribution is -2.44. The van der Waals surface area contributed by atoms with Gasteiger partial charge in [-0.05, 0) is 47.3 Å². The van der Waals surface area contributed by atoms with Crippen LogP contribution < -0.4 is 11.1 Å². The number of aromatic nitrogens is 1. The van der Waals surface area contributed by atoms with Crippen LogP contribution in [0.2, 0.25) is 0 Å². The summed E-state index contributed by atoms with van der Waals surface area (Å²) in [6.07, 6.45) is 5.08. The summed E-state index contributed by atoms with van der Waals surface area (Å²) >= 11 is 8.45. The van der Waals surface area contributed by atoms with E-state index in [4.69, 9.17) is 18.0 Å². The van der Waals surface area contributed by atoms with Gasteiger partial charge in [0.2, 0.25) is 5.91 Å². The minimum atomic E-state index is -0.698. The quantitative estimate of drug-likeness (QED) is 0.829. The molecule has 19 heavy (non-hydrogen) atoms. The maximum absolute atomic E-state index is 12.5. The van der Waals surface area contributed by atoms with E-state index >= 15 is 0 Å². The Morgan fingerprint density at radius 1 is 1.53 bits per heavy atom. The molecule has 102 valence electrons. The highest BCUT2D eigenvalue weighted by Gasteiger charge is 2.44. The Morgan fingerprint density at radius 2 is 2.16 bits per heavy atom. The third kappa shape index (κ3) is 2.79. The van der Waals surface area contributed by atoms with E-state index in [1.54, 1.807) is 6.20 Å². The zero-order chi connectivity index (χ0) is 14.0. The van der Waals surface area contributed by atoms with E-state index in [2.05, 4.69) is 26.2 Å². The fourth-order valence-electron chi connectivity index (χ4n) is 2.46. The lowest BCUT2D eigenvalue weighted by Gasteiger charge is -2.26. The molecule has 4 nitrogen and oxygen atoms in total. The molecular weight excluding hydrogens is 326 g/mol. The van der Waals surface area contributed by atoms with Crippen molar-refractivity contribution in [2.45, 2.75) is 32.6 Å². The Balaban J connectivity index is 2.22. The summed E-state index contributed by atoms with van der Waals surface area (Å²) in [5.41, 5.74) is 6.00. The predicted octanol–water partition coefficient (Wildman–Crippen LogP) is 2.94. The molecule has 0 aliphatic heterocycles. The van der Waals surface area contributed by atoms with Crippen molar-refractivity contribution in [3.63, 3.8) is 0 Å². The van der Waals surface area contributed by atoms with E-state index in [0.717, 1.165) is 35.7 Å². The number of amides is 1. The predicted molar refractivity (Wildman–Crippen MR) is 83.0 cm³/mol. The molecule has 0 saturated heterocycles. The highest BCUT2D eigenvalue weighted by molar-refractivity contribution is 9.10. The summed E-state index contributed by atoms with van der Waals surface area (Å²) in [7, 11) is 0. The average molecular weight is 342 g/mol. The van der Waals surface area contributed by atoms with Gasteiger partial charge in [0.1, 0.15) is 5.82 Å². The highest BCUT2D eigenvalue weighted by Crippen LogP contribution is 2.39. The molecule has 0 bridgehead atoms. The third-order valence-corrected chi connectivity index (χ3v) is 4.46. The monoisotopic (exact) mass is 341 g/mol. The van der Waals surface area contributed by atoms with Gasteiger partial charge in [-0.2, -0.15) is 0 Å². The van der Waals surface area contributed by atoms with E-state index in [1.165, 1.54) is 0 Å². The SMILES string of the molecule is Cc1cc(Br)cnc1NC(=O)C1(C(N)=S)CCCC1. The molecule has 1 fully saturated rings. The average Bonchev–Trinajstić information content (AvgIpc) is 2.83. The Kier molecular flexibility index (Phi) is 4.20. The molecule has 1 amide bonds. The van der Waals surface area contributed by atoms with Crippen LogP contribution in [-0.4, -0.2) is 15.9 Å². The van der Waals surface area contributed by atoms with Crippen LogP contribution in [0.15, 0.2) is 16.7 Å². The van der Waals surface area contributed by atoms with Gasteiger partial charge in [-0.25, -0.2) is 4.98 Å². The van der Waals surface area contributed by atoms with Gasteiger partial charge in [-0.3, -0.25) is 4.79 Å². The number of anilines is 1. The normalized spacial score (nSPS) is 17.2. The number of halogens is 1. The number of thiocarbonyl (C=S) groups is 1. The molecule has 1 aromatic heterocycles. The van der Waals surface area contributed by atoms with Gasteiger partial charge in [0.05, 0.1) is 10.4 Å². The number of pyridine rings is 1. The first-order valence-corrected chi connectivity index (χ1v) is 7.39. The molecule has 1 aromatic rings. The first-order chi connectivity index (χ1) is 8.95. The van der Waals surface area contributed by atoms with E-state index in [1.807, 2.05) is 13.0 Å². The molecule has 1 saturated carbocycles. The largest absolute Gasteiger partial charge is 0.392 e. The molecule has 6 heteroatoms. The number of nitrogens with one attached hydrogen (secondary N) is 1. The Hall–Kier alpha value is -1.01. The highest BCUT2D eigenvalue weighted by atomic mass is 79.9. The van der Waals surface area contributed by atoms with Crippen molar-refractivity contribution in [1.29, 1.82) is 0 Å². The molecule has 1 heterocycles. The minimum Gasteiger partial charge on any atom is -0.392 e. The van der Waals surface area contributed by atoms with Crippen molar-refractivity contribution in [1.82, 2.24) is 4.98 Å². The van der Waals surface area contributed by atoms with E-state index in [0.29, 0.717) is 5.82 Å². The molecular formula is C13H16BrN3OS.